The predicted molar refractivity (Wildman–Crippen MR) is 65.8 cm³/mol. The molecule has 0 amide bonds. The van der Waals surface area contributed by atoms with E-state index < -0.39 is 11.7 Å². The second-order valence-corrected chi connectivity index (χ2v) is 5.28. The smallest absolute Gasteiger partial charge is 0.396 e. The van der Waals surface area contributed by atoms with Crippen molar-refractivity contribution in [3.8, 4) is 0 Å². The molecule has 0 saturated carbocycles. The van der Waals surface area contributed by atoms with E-state index in [9.17, 15) is 13.2 Å². The molecule has 0 atom stereocenters. The third-order valence-electron chi connectivity index (χ3n) is 2.48. The summed E-state index contributed by atoms with van der Waals surface area (Å²) in [5, 5.41) is 12.0. The average Bonchev–Trinajstić information content (AvgIpc) is 2.26. The Bertz CT molecular complexity index is 418. The fraction of sp³-hybridized carbons (Fsp3) is 0.500. The van der Waals surface area contributed by atoms with Gasteiger partial charge >= 0.3 is 6.18 Å². The van der Waals surface area contributed by atoms with Gasteiger partial charge in [-0.2, -0.15) is 13.2 Å². The van der Waals surface area contributed by atoms with Crippen LogP contribution in [0.15, 0.2) is 18.2 Å². The Morgan fingerprint density at radius 2 is 1.89 bits per heavy atom. The van der Waals surface area contributed by atoms with E-state index in [0.29, 0.717) is 12.2 Å². The first-order valence-corrected chi connectivity index (χ1v) is 5.75. The molecule has 2 nitrogen and oxygen atoms in total. The Morgan fingerprint density at radius 3 is 2.33 bits per heavy atom. The van der Waals surface area contributed by atoms with Crippen LogP contribution in [0.2, 0.25) is 5.02 Å². The van der Waals surface area contributed by atoms with Crippen molar-refractivity contribution in [3.63, 3.8) is 0 Å². The van der Waals surface area contributed by atoms with Gasteiger partial charge in [0.05, 0.1) is 16.3 Å². The molecule has 0 bridgehead atoms. The highest BCUT2D eigenvalue weighted by Gasteiger charge is 2.31. The van der Waals surface area contributed by atoms with E-state index in [0.717, 1.165) is 12.1 Å². The maximum atomic E-state index is 12.4. The summed E-state index contributed by atoms with van der Waals surface area (Å²) in [4.78, 5) is 0. The Kier molecular flexibility index (Phi) is 4.50. The van der Waals surface area contributed by atoms with Crippen molar-refractivity contribution >= 4 is 17.3 Å². The summed E-state index contributed by atoms with van der Waals surface area (Å²) < 4.78 is 37.3. The predicted octanol–water partition coefficient (Wildman–Crippen LogP) is 3.79. The van der Waals surface area contributed by atoms with Crippen LogP contribution < -0.4 is 5.32 Å². The van der Waals surface area contributed by atoms with Gasteiger partial charge in [0.25, 0.3) is 0 Å². The van der Waals surface area contributed by atoms with Crippen LogP contribution in [0.4, 0.5) is 18.9 Å². The van der Waals surface area contributed by atoms with Gasteiger partial charge in [-0.25, -0.2) is 0 Å². The van der Waals surface area contributed by atoms with Crippen LogP contribution >= 0.6 is 11.6 Å². The van der Waals surface area contributed by atoms with Gasteiger partial charge in [-0.05, 0) is 18.2 Å². The number of aliphatic hydroxyl groups is 1. The molecule has 0 aliphatic carbocycles. The zero-order chi connectivity index (χ0) is 14.0. The maximum Gasteiger partial charge on any atom is 0.416 e. The highest BCUT2D eigenvalue weighted by molar-refractivity contribution is 6.33. The molecule has 6 heteroatoms. The molecule has 0 heterocycles. The molecule has 0 aromatic heterocycles. The fourth-order valence-corrected chi connectivity index (χ4v) is 1.47. The minimum absolute atomic E-state index is 0.0126. The maximum absolute atomic E-state index is 12.4. The minimum Gasteiger partial charge on any atom is -0.396 e. The molecule has 18 heavy (non-hydrogen) atoms. The number of aliphatic hydroxyl groups excluding tert-OH is 1. The molecule has 0 aliphatic heterocycles. The van der Waals surface area contributed by atoms with E-state index in [-0.39, 0.29) is 17.0 Å². The summed E-state index contributed by atoms with van der Waals surface area (Å²) in [5.74, 6) is 0. The number of rotatable bonds is 4. The molecule has 0 saturated heterocycles. The number of benzene rings is 1. The van der Waals surface area contributed by atoms with Gasteiger partial charge in [0.15, 0.2) is 0 Å². The molecule has 102 valence electrons. The number of hydrogen-bond donors (Lipinski definition) is 2. The summed E-state index contributed by atoms with van der Waals surface area (Å²) in [6, 6.07) is 3.15. The quantitative estimate of drug-likeness (QED) is 0.880. The van der Waals surface area contributed by atoms with E-state index in [4.69, 9.17) is 16.7 Å². The van der Waals surface area contributed by atoms with Crippen molar-refractivity contribution in [2.75, 3.05) is 18.5 Å². The first-order valence-electron chi connectivity index (χ1n) is 5.37. The minimum atomic E-state index is -4.40. The number of alkyl halides is 3. The second kappa shape index (κ2) is 5.36. The van der Waals surface area contributed by atoms with Crippen molar-refractivity contribution in [2.45, 2.75) is 20.0 Å². The lowest BCUT2D eigenvalue weighted by Gasteiger charge is -2.23. The molecule has 0 aliphatic rings. The van der Waals surface area contributed by atoms with Crippen molar-refractivity contribution in [2.24, 2.45) is 5.41 Å². The molecule has 0 fully saturated rings. The lowest BCUT2D eigenvalue weighted by Crippen LogP contribution is -2.26. The zero-order valence-electron chi connectivity index (χ0n) is 10.1. The monoisotopic (exact) mass is 281 g/mol. The first-order chi connectivity index (χ1) is 8.15. The Morgan fingerprint density at radius 1 is 1.28 bits per heavy atom. The molecular weight excluding hydrogens is 267 g/mol. The van der Waals surface area contributed by atoms with Gasteiger partial charge in [-0.15, -0.1) is 0 Å². The lowest BCUT2D eigenvalue weighted by atomic mass is 9.95. The standard InChI is InChI=1S/C12H15ClF3NO/c1-11(2,7-18)6-17-10-4-3-8(5-9(10)13)12(14,15)16/h3-5,17-18H,6-7H2,1-2H3. The van der Waals surface area contributed by atoms with Gasteiger partial charge in [-0.1, -0.05) is 25.4 Å². The fourth-order valence-electron chi connectivity index (χ4n) is 1.23. The van der Waals surface area contributed by atoms with Crippen LogP contribution in [-0.2, 0) is 6.18 Å². The molecule has 1 rings (SSSR count). The van der Waals surface area contributed by atoms with Crippen molar-refractivity contribution in [1.82, 2.24) is 0 Å². The topological polar surface area (TPSA) is 32.3 Å². The van der Waals surface area contributed by atoms with Gasteiger partial charge < -0.3 is 10.4 Å². The third-order valence-corrected chi connectivity index (χ3v) is 2.79. The Balaban J connectivity index is 2.81. The highest BCUT2D eigenvalue weighted by atomic mass is 35.5. The van der Waals surface area contributed by atoms with E-state index in [1.54, 1.807) is 0 Å². The van der Waals surface area contributed by atoms with Gasteiger partial charge in [0.2, 0.25) is 0 Å². The van der Waals surface area contributed by atoms with Gasteiger partial charge in [0, 0.05) is 18.6 Å². The third kappa shape index (κ3) is 4.07. The molecular formula is C12H15ClF3NO. The van der Waals surface area contributed by atoms with Gasteiger partial charge in [-0.3, -0.25) is 0 Å². The summed E-state index contributed by atoms with van der Waals surface area (Å²) in [6.07, 6.45) is -4.40. The second-order valence-electron chi connectivity index (χ2n) is 4.87. The molecule has 2 N–H and O–H groups in total. The van der Waals surface area contributed by atoms with Crippen molar-refractivity contribution in [3.05, 3.63) is 28.8 Å². The summed E-state index contributed by atoms with van der Waals surface area (Å²) >= 11 is 5.78. The number of anilines is 1. The summed E-state index contributed by atoms with van der Waals surface area (Å²) in [6.45, 7) is 4.04. The van der Waals surface area contributed by atoms with Crippen LogP contribution in [-0.4, -0.2) is 18.3 Å². The first kappa shape index (κ1) is 15.1. The zero-order valence-corrected chi connectivity index (χ0v) is 10.9. The van der Waals surface area contributed by atoms with Crippen LogP contribution in [0.1, 0.15) is 19.4 Å². The molecule has 0 unspecified atom stereocenters. The van der Waals surface area contributed by atoms with E-state index in [1.807, 2.05) is 13.8 Å². The Hall–Kier alpha value is -0.940. The summed E-state index contributed by atoms with van der Waals surface area (Å²) in [5.41, 5.74) is -0.725. The average molecular weight is 282 g/mol. The normalized spacial score (nSPS) is 12.6. The van der Waals surface area contributed by atoms with Crippen LogP contribution in [0.5, 0.6) is 0 Å². The largest absolute Gasteiger partial charge is 0.416 e. The Labute approximate surface area is 109 Å². The van der Waals surface area contributed by atoms with Crippen LogP contribution in [0.25, 0.3) is 0 Å². The summed E-state index contributed by atoms with van der Waals surface area (Å²) in [7, 11) is 0. The molecule has 1 aromatic carbocycles. The SMILES string of the molecule is CC(C)(CO)CNc1ccc(C(F)(F)F)cc1Cl. The van der Waals surface area contributed by atoms with Gasteiger partial charge in [0.1, 0.15) is 0 Å². The molecule has 1 aromatic rings. The van der Waals surface area contributed by atoms with Crippen LogP contribution in [0.3, 0.4) is 0 Å². The van der Waals surface area contributed by atoms with E-state index >= 15 is 0 Å². The van der Waals surface area contributed by atoms with Crippen LogP contribution in [0, 0.1) is 5.41 Å². The lowest BCUT2D eigenvalue weighted by molar-refractivity contribution is -0.137. The molecule has 0 spiro atoms. The molecule has 0 radical (unpaired) electrons. The highest BCUT2D eigenvalue weighted by Crippen LogP contribution is 2.34. The number of hydrogen-bond acceptors (Lipinski definition) is 2. The van der Waals surface area contributed by atoms with E-state index in [2.05, 4.69) is 5.32 Å². The van der Waals surface area contributed by atoms with Crippen molar-refractivity contribution in [1.29, 1.82) is 0 Å². The number of nitrogens with one attached hydrogen (secondary N) is 1. The number of halogens is 4. The van der Waals surface area contributed by atoms with Crippen molar-refractivity contribution < 1.29 is 18.3 Å². The van der Waals surface area contributed by atoms with E-state index in [1.165, 1.54) is 6.07 Å².